The summed E-state index contributed by atoms with van der Waals surface area (Å²) in [6.45, 7) is 14.5. The van der Waals surface area contributed by atoms with E-state index in [0.29, 0.717) is 6.04 Å². The largest absolute Gasteiger partial charge is 0.372 e. The number of aromatic nitrogens is 2. The average Bonchev–Trinajstić information content (AvgIpc) is 2.96. The van der Waals surface area contributed by atoms with Crippen LogP contribution in [-0.2, 0) is 14.9 Å². The Balaban J connectivity index is 1.31. The summed E-state index contributed by atoms with van der Waals surface area (Å²) in [5, 5.41) is 3.09. The fourth-order valence-electron chi connectivity index (χ4n) is 5.26. The first-order valence-corrected chi connectivity index (χ1v) is 13.0. The molecule has 0 bridgehead atoms. The number of rotatable bonds is 6. The molecule has 3 aliphatic rings. The molecule has 1 unspecified atom stereocenters. The van der Waals surface area contributed by atoms with Crippen LogP contribution < -0.4 is 10.2 Å². The minimum Gasteiger partial charge on any atom is -0.372 e. The van der Waals surface area contributed by atoms with Gasteiger partial charge in [-0.15, -0.1) is 0 Å². The lowest BCUT2D eigenvalue weighted by molar-refractivity contribution is -0.119. The van der Waals surface area contributed by atoms with Crippen LogP contribution in [0, 0.1) is 5.92 Å². The lowest BCUT2D eigenvalue weighted by Crippen LogP contribution is -2.37. The molecular formula is C26H43N5O2. The molecule has 3 heterocycles. The highest BCUT2D eigenvalue weighted by Gasteiger charge is 2.28. The van der Waals surface area contributed by atoms with Crippen LogP contribution in [-0.4, -0.2) is 66.1 Å². The fraction of sp³-hybridized carbons (Fsp3) is 0.808. The van der Waals surface area contributed by atoms with Gasteiger partial charge in [0, 0.05) is 50.5 Å². The molecule has 33 heavy (non-hydrogen) atoms. The minimum absolute atomic E-state index is 0.0780. The van der Waals surface area contributed by atoms with Crippen LogP contribution in [0.2, 0.25) is 0 Å². The summed E-state index contributed by atoms with van der Waals surface area (Å²) in [5.41, 5.74) is 0.970. The number of anilines is 1. The van der Waals surface area contributed by atoms with E-state index in [0.717, 1.165) is 75.3 Å². The maximum absolute atomic E-state index is 11.3. The molecule has 1 N–H and O–H groups in total. The molecule has 2 saturated heterocycles. The Bertz CT molecular complexity index is 796. The van der Waals surface area contributed by atoms with Gasteiger partial charge >= 0.3 is 0 Å². The highest BCUT2D eigenvalue weighted by atomic mass is 16.5. The number of hydrogen-bond donors (Lipinski definition) is 1. The van der Waals surface area contributed by atoms with Crippen molar-refractivity contribution in [3.05, 3.63) is 17.6 Å². The second-order valence-corrected chi connectivity index (χ2v) is 11.3. The molecule has 0 aromatic carbocycles. The molecule has 1 aromatic rings. The zero-order chi connectivity index (χ0) is 23.4. The van der Waals surface area contributed by atoms with Crippen molar-refractivity contribution in [1.29, 1.82) is 0 Å². The lowest BCUT2D eigenvalue weighted by Gasteiger charge is -2.31. The number of nitrogens with one attached hydrogen (secondary N) is 1. The van der Waals surface area contributed by atoms with Gasteiger partial charge in [-0.25, -0.2) is 9.97 Å². The average molecular weight is 458 g/mol. The third-order valence-corrected chi connectivity index (χ3v) is 7.45. The van der Waals surface area contributed by atoms with Gasteiger partial charge in [-0.1, -0.05) is 20.8 Å². The van der Waals surface area contributed by atoms with E-state index >= 15 is 0 Å². The van der Waals surface area contributed by atoms with E-state index in [2.05, 4.69) is 42.0 Å². The van der Waals surface area contributed by atoms with Crippen molar-refractivity contribution in [3.63, 3.8) is 0 Å². The Morgan fingerprint density at radius 2 is 1.85 bits per heavy atom. The van der Waals surface area contributed by atoms with Crippen molar-refractivity contribution in [2.45, 2.75) is 90.2 Å². The molecule has 0 radical (unpaired) electrons. The van der Waals surface area contributed by atoms with E-state index < -0.39 is 0 Å². The molecule has 7 heteroatoms. The van der Waals surface area contributed by atoms with E-state index in [-0.39, 0.29) is 17.4 Å². The zero-order valence-corrected chi connectivity index (χ0v) is 21.1. The van der Waals surface area contributed by atoms with Crippen LogP contribution in [0.25, 0.3) is 0 Å². The summed E-state index contributed by atoms with van der Waals surface area (Å²) in [5.74, 6) is 2.90. The van der Waals surface area contributed by atoms with Gasteiger partial charge in [-0.05, 0) is 57.5 Å². The SMILES string of the molecule is CC(=O)NC1CCC(CCN2CCCN(c3cc(C4CCO4)nc(C(C)(C)C)n3)CC2)CC1. The first kappa shape index (κ1) is 24.4. The van der Waals surface area contributed by atoms with Crippen LogP contribution in [0.1, 0.15) is 90.3 Å². The third kappa shape index (κ3) is 6.66. The molecule has 3 fully saturated rings. The standard InChI is InChI=1S/C26H43N5O2/c1-19(32)27-21-8-6-20(7-9-21)10-14-30-12-5-13-31(16-15-30)24-18-22(23-11-17-33-23)28-25(29-24)26(2,3)4/h18,20-21,23H,5-17H2,1-4H3,(H,27,32). The van der Waals surface area contributed by atoms with Crippen LogP contribution in [0.5, 0.6) is 0 Å². The maximum Gasteiger partial charge on any atom is 0.217 e. The Labute approximate surface area is 199 Å². The molecule has 1 atom stereocenters. The van der Waals surface area contributed by atoms with Crippen LogP contribution in [0.3, 0.4) is 0 Å². The van der Waals surface area contributed by atoms with Crippen molar-refractivity contribution in [2.24, 2.45) is 5.92 Å². The molecule has 4 rings (SSSR count). The third-order valence-electron chi connectivity index (χ3n) is 7.45. The van der Waals surface area contributed by atoms with E-state index in [1.807, 2.05) is 0 Å². The van der Waals surface area contributed by atoms with Crippen molar-refractivity contribution in [1.82, 2.24) is 20.2 Å². The summed E-state index contributed by atoms with van der Waals surface area (Å²) < 4.78 is 5.75. The van der Waals surface area contributed by atoms with E-state index in [9.17, 15) is 4.79 Å². The van der Waals surface area contributed by atoms with Crippen LogP contribution >= 0.6 is 0 Å². The molecule has 1 saturated carbocycles. The van der Waals surface area contributed by atoms with Crippen molar-refractivity contribution < 1.29 is 9.53 Å². The number of amides is 1. The fourth-order valence-corrected chi connectivity index (χ4v) is 5.26. The quantitative estimate of drug-likeness (QED) is 0.700. The van der Waals surface area contributed by atoms with Crippen LogP contribution in [0.4, 0.5) is 5.82 Å². The number of nitrogens with zero attached hydrogens (tertiary/aromatic N) is 4. The Morgan fingerprint density at radius 1 is 1.09 bits per heavy atom. The predicted molar refractivity (Wildman–Crippen MR) is 131 cm³/mol. The first-order valence-electron chi connectivity index (χ1n) is 13.0. The van der Waals surface area contributed by atoms with Gasteiger partial charge in [-0.2, -0.15) is 0 Å². The van der Waals surface area contributed by atoms with Crippen molar-refractivity contribution in [3.8, 4) is 0 Å². The normalized spacial score (nSPS) is 27.0. The van der Waals surface area contributed by atoms with Gasteiger partial charge in [0.05, 0.1) is 12.3 Å². The molecular weight excluding hydrogens is 414 g/mol. The molecule has 184 valence electrons. The first-order chi connectivity index (χ1) is 15.8. The Hall–Kier alpha value is -1.73. The van der Waals surface area contributed by atoms with Crippen molar-refractivity contribution in [2.75, 3.05) is 44.2 Å². The zero-order valence-electron chi connectivity index (χ0n) is 21.1. The van der Waals surface area contributed by atoms with Crippen molar-refractivity contribution >= 4 is 11.7 Å². The molecule has 2 aliphatic heterocycles. The van der Waals surface area contributed by atoms with Gasteiger partial charge in [-0.3, -0.25) is 4.79 Å². The summed E-state index contributed by atoms with van der Waals surface area (Å²) in [4.78, 5) is 26.2. The highest BCUT2D eigenvalue weighted by molar-refractivity contribution is 5.73. The van der Waals surface area contributed by atoms with Crippen LogP contribution in [0.15, 0.2) is 6.07 Å². The monoisotopic (exact) mass is 457 g/mol. The number of carbonyl (C=O) groups is 1. The van der Waals surface area contributed by atoms with Gasteiger partial charge in [0.1, 0.15) is 17.7 Å². The summed E-state index contributed by atoms with van der Waals surface area (Å²) in [6.07, 6.45) is 8.39. The van der Waals surface area contributed by atoms with Gasteiger partial charge in [0.2, 0.25) is 5.91 Å². The highest BCUT2D eigenvalue weighted by Crippen LogP contribution is 2.32. The molecule has 1 aliphatic carbocycles. The van der Waals surface area contributed by atoms with E-state index in [1.54, 1.807) is 6.92 Å². The second kappa shape index (κ2) is 10.7. The lowest BCUT2D eigenvalue weighted by atomic mass is 9.84. The van der Waals surface area contributed by atoms with E-state index in [4.69, 9.17) is 14.7 Å². The minimum atomic E-state index is -0.0780. The molecule has 1 amide bonds. The van der Waals surface area contributed by atoms with Gasteiger partial charge in [0.25, 0.3) is 0 Å². The smallest absolute Gasteiger partial charge is 0.217 e. The maximum atomic E-state index is 11.3. The summed E-state index contributed by atoms with van der Waals surface area (Å²) >= 11 is 0. The molecule has 1 aromatic heterocycles. The van der Waals surface area contributed by atoms with E-state index in [1.165, 1.54) is 32.2 Å². The second-order valence-electron chi connectivity index (χ2n) is 11.3. The number of ether oxygens (including phenoxy) is 1. The molecule has 0 spiro atoms. The number of carbonyl (C=O) groups excluding carboxylic acids is 1. The number of hydrogen-bond acceptors (Lipinski definition) is 6. The summed E-state index contributed by atoms with van der Waals surface area (Å²) in [7, 11) is 0. The topological polar surface area (TPSA) is 70.6 Å². The van der Waals surface area contributed by atoms with Gasteiger partial charge < -0.3 is 19.9 Å². The predicted octanol–water partition coefficient (Wildman–Crippen LogP) is 3.83. The molecule has 7 nitrogen and oxygen atoms in total. The van der Waals surface area contributed by atoms with Gasteiger partial charge in [0.15, 0.2) is 0 Å². The Kier molecular flexibility index (Phi) is 7.90. The Morgan fingerprint density at radius 3 is 2.48 bits per heavy atom. The summed E-state index contributed by atoms with van der Waals surface area (Å²) in [6, 6.07) is 2.56.